The molecule has 0 saturated heterocycles. The van der Waals surface area contributed by atoms with E-state index < -0.39 is 0 Å². The van der Waals surface area contributed by atoms with E-state index in [-0.39, 0.29) is 18.4 Å². The normalized spacial score (nSPS) is 12.7. The van der Waals surface area contributed by atoms with Crippen molar-refractivity contribution in [2.75, 3.05) is 0 Å². The zero-order valence-electron chi connectivity index (χ0n) is 7.49. The summed E-state index contributed by atoms with van der Waals surface area (Å²) in [5.41, 5.74) is 5.95. The maximum atomic E-state index is 5.95. The Morgan fingerprint density at radius 2 is 2.17 bits per heavy atom. The van der Waals surface area contributed by atoms with Crippen molar-refractivity contribution in [2.45, 2.75) is 26.3 Å². The summed E-state index contributed by atoms with van der Waals surface area (Å²) in [5, 5.41) is 2.08. The van der Waals surface area contributed by atoms with E-state index in [4.69, 9.17) is 5.73 Å². The predicted octanol–water partition coefficient (Wildman–Crippen LogP) is 3.22. The Morgan fingerprint density at radius 3 is 2.58 bits per heavy atom. The highest BCUT2D eigenvalue weighted by molar-refractivity contribution is 7.10. The lowest BCUT2D eigenvalue weighted by molar-refractivity contribution is 0.515. The molecule has 0 aliphatic carbocycles. The summed E-state index contributed by atoms with van der Waals surface area (Å²) in [6.07, 6.45) is 1.08. The molecule has 0 saturated carbocycles. The molecule has 3 heteroatoms. The van der Waals surface area contributed by atoms with Gasteiger partial charge in [0, 0.05) is 10.9 Å². The van der Waals surface area contributed by atoms with Gasteiger partial charge in [0.2, 0.25) is 0 Å². The van der Waals surface area contributed by atoms with Gasteiger partial charge in [-0.05, 0) is 23.8 Å². The van der Waals surface area contributed by atoms with Crippen molar-refractivity contribution in [1.29, 1.82) is 0 Å². The summed E-state index contributed by atoms with van der Waals surface area (Å²) in [4.78, 5) is 1.30. The third-order valence-electron chi connectivity index (χ3n) is 1.63. The van der Waals surface area contributed by atoms with Crippen LogP contribution < -0.4 is 5.73 Å². The first-order valence-electron chi connectivity index (χ1n) is 3.99. The number of hydrogen-bond donors (Lipinski definition) is 1. The van der Waals surface area contributed by atoms with Crippen molar-refractivity contribution >= 4 is 23.7 Å². The Hall–Kier alpha value is -0.0500. The van der Waals surface area contributed by atoms with Crippen molar-refractivity contribution in [3.05, 3.63) is 22.4 Å². The number of thiophene rings is 1. The van der Waals surface area contributed by atoms with E-state index in [1.54, 1.807) is 11.3 Å². The predicted molar refractivity (Wildman–Crippen MR) is 58.0 cm³/mol. The summed E-state index contributed by atoms with van der Waals surface area (Å²) in [7, 11) is 0. The summed E-state index contributed by atoms with van der Waals surface area (Å²) >= 11 is 1.75. The molecule has 1 unspecified atom stereocenters. The molecule has 1 aromatic rings. The first kappa shape index (κ1) is 11.9. The van der Waals surface area contributed by atoms with Crippen LogP contribution in [0.5, 0.6) is 0 Å². The zero-order chi connectivity index (χ0) is 8.27. The molecule has 0 aliphatic rings. The molecule has 0 fully saturated rings. The molecule has 0 aromatic carbocycles. The van der Waals surface area contributed by atoms with Crippen molar-refractivity contribution in [1.82, 2.24) is 0 Å². The quantitative estimate of drug-likeness (QED) is 0.806. The van der Waals surface area contributed by atoms with Gasteiger partial charge >= 0.3 is 0 Å². The van der Waals surface area contributed by atoms with Crippen molar-refractivity contribution in [3.63, 3.8) is 0 Å². The van der Waals surface area contributed by atoms with Gasteiger partial charge in [-0.2, -0.15) is 0 Å². The highest BCUT2D eigenvalue weighted by Gasteiger charge is 2.07. The van der Waals surface area contributed by atoms with Crippen LogP contribution in [0.4, 0.5) is 0 Å². The van der Waals surface area contributed by atoms with Gasteiger partial charge < -0.3 is 5.73 Å². The average Bonchev–Trinajstić information content (AvgIpc) is 2.35. The van der Waals surface area contributed by atoms with Crippen LogP contribution in [-0.2, 0) is 0 Å². The van der Waals surface area contributed by atoms with Crippen molar-refractivity contribution in [3.8, 4) is 0 Å². The van der Waals surface area contributed by atoms with E-state index in [0.717, 1.165) is 6.42 Å². The lowest BCUT2D eigenvalue weighted by atomic mass is 10.0. The SMILES string of the molecule is CC(C)CC(N)c1cccs1.Cl. The van der Waals surface area contributed by atoms with Crippen LogP contribution in [-0.4, -0.2) is 0 Å². The van der Waals surface area contributed by atoms with E-state index in [9.17, 15) is 0 Å². The smallest absolute Gasteiger partial charge is 0.0392 e. The molecular weight excluding hydrogens is 190 g/mol. The Balaban J connectivity index is 0.00000121. The molecule has 12 heavy (non-hydrogen) atoms. The largest absolute Gasteiger partial charge is 0.323 e. The maximum Gasteiger partial charge on any atom is 0.0392 e. The fraction of sp³-hybridized carbons (Fsp3) is 0.556. The van der Waals surface area contributed by atoms with Gasteiger partial charge in [0.05, 0.1) is 0 Å². The van der Waals surface area contributed by atoms with E-state index in [1.165, 1.54) is 4.88 Å². The van der Waals surface area contributed by atoms with Crippen LogP contribution in [0.15, 0.2) is 17.5 Å². The van der Waals surface area contributed by atoms with Gasteiger partial charge in [0.1, 0.15) is 0 Å². The number of rotatable bonds is 3. The fourth-order valence-electron chi connectivity index (χ4n) is 1.13. The summed E-state index contributed by atoms with van der Waals surface area (Å²) < 4.78 is 0. The molecule has 1 nitrogen and oxygen atoms in total. The van der Waals surface area contributed by atoms with Crippen LogP contribution in [0.25, 0.3) is 0 Å². The fourth-order valence-corrected chi connectivity index (χ4v) is 1.87. The lowest BCUT2D eigenvalue weighted by Gasteiger charge is -2.11. The molecule has 1 rings (SSSR count). The zero-order valence-corrected chi connectivity index (χ0v) is 9.12. The van der Waals surface area contributed by atoms with Crippen LogP contribution in [0, 0.1) is 5.92 Å². The Kier molecular flexibility index (Phi) is 5.55. The first-order chi connectivity index (χ1) is 5.20. The third kappa shape index (κ3) is 3.57. The van der Waals surface area contributed by atoms with Gasteiger partial charge in [-0.25, -0.2) is 0 Å². The summed E-state index contributed by atoms with van der Waals surface area (Å²) in [5.74, 6) is 0.687. The second-order valence-electron chi connectivity index (χ2n) is 3.25. The van der Waals surface area contributed by atoms with Gasteiger partial charge in [0.25, 0.3) is 0 Å². The molecule has 0 bridgehead atoms. The highest BCUT2D eigenvalue weighted by atomic mass is 35.5. The van der Waals surface area contributed by atoms with E-state index in [0.29, 0.717) is 5.92 Å². The van der Waals surface area contributed by atoms with Gasteiger partial charge in [-0.1, -0.05) is 19.9 Å². The minimum atomic E-state index is 0. The van der Waals surface area contributed by atoms with Gasteiger partial charge in [-0.3, -0.25) is 0 Å². The minimum absolute atomic E-state index is 0. The molecule has 1 atom stereocenters. The lowest BCUT2D eigenvalue weighted by Crippen LogP contribution is -2.11. The van der Waals surface area contributed by atoms with E-state index >= 15 is 0 Å². The summed E-state index contributed by atoms with van der Waals surface area (Å²) in [6.45, 7) is 4.40. The topological polar surface area (TPSA) is 26.0 Å². The van der Waals surface area contributed by atoms with E-state index in [2.05, 4.69) is 31.4 Å². The monoisotopic (exact) mass is 205 g/mol. The number of halogens is 1. The molecule has 1 heterocycles. The maximum absolute atomic E-state index is 5.95. The first-order valence-corrected chi connectivity index (χ1v) is 4.87. The summed E-state index contributed by atoms with van der Waals surface area (Å²) in [6, 6.07) is 4.41. The molecule has 0 spiro atoms. The van der Waals surface area contributed by atoms with Crippen LogP contribution >= 0.6 is 23.7 Å². The third-order valence-corrected chi connectivity index (χ3v) is 2.64. The van der Waals surface area contributed by atoms with Crippen molar-refractivity contribution in [2.24, 2.45) is 11.7 Å². The second kappa shape index (κ2) is 5.57. The molecule has 2 N–H and O–H groups in total. The Bertz CT molecular complexity index is 196. The van der Waals surface area contributed by atoms with Crippen LogP contribution in [0.1, 0.15) is 31.2 Å². The molecule has 70 valence electrons. The average molecular weight is 206 g/mol. The molecular formula is C9H16ClNS. The Labute approximate surface area is 84.4 Å². The number of nitrogens with two attached hydrogens (primary N) is 1. The van der Waals surface area contributed by atoms with Crippen LogP contribution in [0.3, 0.4) is 0 Å². The van der Waals surface area contributed by atoms with Crippen LogP contribution in [0.2, 0.25) is 0 Å². The van der Waals surface area contributed by atoms with Gasteiger partial charge in [-0.15, -0.1) is 23.7 Å². The van der Waals surface area contributed by atoms with Crippen molar-refractivity contribution < 1.29 is 0 Å². The number of hydrogen-bond acceptors (Lipinski definition) is 2. The molecule has 0 aliphatic heterocycles. The van der Waals surface area contributed by atoms with E-state index in [1.807, 2.05) is 0 Å². The highest BCUT2D eigenvalue weighted by Crippen LogP contribution is 2.22. The Morgan fingerprint density at radius 1 is 1.50 bits per heavy atom. The molecule has 0 amide bonds. The van der Waals surface area contributed by atoms with Gasteiger partial charge in [0.15, 0.2) is 0 Å². The second-order valence-corrected chi connectivity index (χ2v) is 4.23. The standard InChI is InChI=1S/C9H15NS.ClH/c1-7(2)6-8(10)9-4-3-5-11-9;/h3-5,7-8H,6,10H2,1-2H3;1H. The molecule has 1 aromatic heterocycles. The minimum Gasteiger partial charge on any atom is -0.323 e. The molecule has 0 radical (unpaired) electrons.